The first-order chi connectivity index (χ1) is 14.0. The van der Waals surface area contributed by atoms with Crippen LogP contribution in [0.25, 0.3) is 5.82 Å². The van der Waals surface area contributed by atoms with E-state index in [1.165, 1.54) is 19.1 Å². The predicted molar refractivity (Wildman–Crippen MR) is 104 cm³/mol. The Hall–Kier alpha value is -3.55. The molecule has 0 saturated carbocycles. The van der Waals surface area contributed by atoms with Crippen LogP contribution in [0.1, 0.15) is 41.0 Å². The molecule has 0 spiro atoms. The van der Waals surface area contributed by atoms with Gasteiger partial charge in [-0.15, -0.1) is 0 Å². The monoisotopic (exact) mass is 393 g/mol. The topological polar surface area (TPSA) is 80.1 Å². The van der Waals surface area contributed by atoms with Crippen LogP contribution in [0.5, 0.6) is 0 Å². The van der Waals surface area contributed by atoms with Gasteiger partial charge in [-0.3, -0.25) is 9.59 Å². The highest BCUT2D eigenvalue weighted by atomic mass is 19.1. The molecule has 1 aliphatic rings. The SMILES string of the molecule is CC(=O)N1CCC(NC(=O)c2cccc(-n3cccn3)n2)c2ccc(F)cc2C1. The molecule has 0 radical (unpaired) electrons. The second-order valence-corrected chi connectivity index (χ2v) is 6.93. The molecule has 1 aromatic carbocycles. The fourth-order valence-corrected chi connectivity index (χ4v) is 3.51. The van der Waals surface area contributed by atoms with Crippen LogP contribution in [-0.4, -0.2) is 38.0 Å². The lowest BCUT2D eigenvalue weighted by Gasteiger charge is -2.19. The number of fused-ring (bicyclic) bond motifs is 1. The summed E-state index contributed by atoms with van der Waals surface area (Å²) in [6.45, 7) is 2.28. The number of pyridine rings is 1. The van der Waals surface area contributed by atoms with Crippen LogP contribution in [0, 0.1) is 5.82 Å². The first-order valence-electron chi connectivity index (χ1n) is 9.33. The number of benzene rings is 1. The Bertz CT molecular complexity index is 1050. The molecule has 0 saturated heterocycles. The van der Waals surface area contributed by atoms with Crippen molar-refractivity contribution in [2.24, 2.45) is 0 Å². The van der Waals surface area contributed by atoms with Crippen molar-refractivity contribution in [2.75, 3.05) is 6.54 Å². The molecule has 0 fully saturated rings. The first kappa shape index (κ1) is 18.8. The number of nitrogens with one attached hydrogen (secondary N) is 1. The standard InChI is InChI=1S/C21H20FN5O2/c1-14(28)26-11-8-18(17-7-6-16(22)12-15(17)13-26)25-21(29)19-4-2-5-20(24-19)27-10-3-9-23-27/h2-7,9-10,12,18H,8,11,13H2,1H3,(H,25,29). The van der Waals surface area contributed by atoms with Gasteiger partial charge in [0.2, 0.25) is 5.91 Å². The lowest BCUT2D eigenvalue weighted by Crippen LogP contribution is -2.32. The zero-order valence-electron chi connectivity index (χ0n) is 15.9. The van der Waals surface area contributed by atoms with Crippen molar-refractivity contribution in [3.05, 3.63) is 77.5 Å². The molecule has 8 heteroatoms. The molecule has 3 aromatic rings. The van der Waals surface area contributed by atoms with Crippen LogP contribution < -0.4 is 5.32 Å². The van der Waals surface area contributed by atoms with Gasteiger partial charge in [-0.05, 0) is 47.9 Å². The van der Waals surface area contributed by atoms with E-state index in [1.807, 2.05) is 0 Å². The van der Waals surface area contributed by atoms with Gasteiger partial charge in [0.15, 0.2) is 5.82 Å². The Balaban J connectivity index is 1.60. The van der Waals surface area contributed by atoms with E-state index in [-0.39, 0.29) is 29.4 Å². The molecule has 0 bridgehead atoms. The third kappa shape index (κ3) is 4.01. The highest BCUT2D eigenvalue weighted by molar-refractivity contribution is 5.92. The van der Waals surface area contributed by atoms with E-state index in [0.717, 1.165) is 5.56 Å². The Morgan fingerprint density at radius 3 is 2.83 bits per heavy atom. The van der Waals surface area contributed by atoms with Crippen LogP contribution in [0.3, 0.4) is 0 Å². The van der Waals surface area contributed by atoms with E-state index in [1.54, 1.807) is 52.3 Å². The summed E-state index contributed by atoms with van der Waals surface area (Å²) in [7, 11) is 0. The van der Waals surface area contributed by atoms with Crippen LogP contribution in [0.4, 0.5) is 4.39 Å². The third-order valence-corrected chi connectivity index (χ3v) is 4.99. The molecular weight excluding hydrogens is 373 g/mol. The molecule has 3 heterocycles. The Morgan fingerprint density at radius 2 is 2.07 bits per heavy atom. The van der Waals surface area contributed by atoms with Crippen molar-refractivity contribution >= 4 is 11.8 Å². The maximum Gasteiger partial charge on any atom is 0.270 e. The first-order valence-corrected chi connectivity index (χ1v) is 9.33. The predicted octanol–water partition coefficient (Wildman–Crippen LogP) is 2.63. The maximum absolute atomic E-state index is 13.8. The molecule has 7 nitrogen and oxygen atoms in total. The highest BCUT2D eigenvalue weighted by Gasteiger charge is 2.26. The van der Waals surface area contributed by atoms with E-state index in [2.05, 4.69) is 15.4 Å². The van der Waals surface area contributed by atoms with Gasteiger partial charge in [-0.25, -0.2) is 14.1 Å². The Labute approximate surface area is 167 Å². The highest BCUT2D eigenvalue weighted by Crippen LogP contribution is 2.28. The minimum atomic E-state index is -0.368. The second kappa shape index (κ2) is 7.83. The lowest BCUT2D eigenvalue weighted by atomic mass is 9.99. The molecule has 2 aromatic heterocycles. The quantitative estimate of drug-likeness (QED) is 0.742. The van der Waals surface area contributed by atoms with Gasteiger partial charge in [0.05, 0.1) is 6.04 Å². The molecule has 1 aliphatic heterocycles. The average Bonchev–Trinajstić information content (AvgIpc) is 3.19. The summed E-state index contributed by atoms with van der Waals surface area (Å²) in [6.07, 6.45) is 3.91. The number of amides is 2. The van der Waals surface area contributed by atoms with Gasteiger partial charge in [-0.2, -0.15) is 5.10 Å². The molecule has 148 valence electrons. The largest absolute Gasteiger partial charge is 0.344 e. The normalized spacial score (nSPS) is 16.1. The zero-order valence-corrected chi connectivity index (χ0v) is 15.9. The van der Waals surface area contributed by atoms with Crippen LogP contribution in [-0.2, 0) is 11.3 Å². The van der Waals surface area contributed by atoms with Gasteiger partial charge >= 0.3 is 0 Å². The summed E-state index contributed by atoms with van der Waals surface area (Å²) in [6, 6.07) is 11.0. The summed E-state index contributed by atoms with van der Waals surface area (Å²) < 4.78 is 15.4. The van der Waals surface area contributed by atoms with Crippen LogP contribution in [0.2, 0.25) is 0 Å². The van der Waals surface area contributed by atoms with Crippen molar-refractivity contribution in [3.8, 4) is 5.82 Å². The smallest absolute Gasteiger partial charge is 0.270 e. The van der Waals surface area contributed by atoms with Crippen molar-refractivity contribution in [2.45, 2.75) is 25.9 Å². The summed E-state index contributed by atoms with van der Waals surface area (Å²) in [5, 5.41) is 7.12. The fourth-order valence-electron chi connectivity index (χ4n) is 3.51. The van der Waals surface area contributed by atoms with Crippen molar-refractivity contribution in [1.29, 1.82) is 0 Å². The third-order valence-electron chi connectivity index (χ3n) is 4.99. The maximum atomic E-state index is 13.8. The van der Waals surface area contributed by atoms with Gasteiger partial charge in [0.25, 0.3) is 5.91 Å². The van der Waals surface area contributed by atoms with E-state index >= 15 is 0 Å². The fraction of sp³-hybridized carbons (Fsp3) is 0.238. The van der Waals surface area contributed by atoms with Crippen LogP contribution in [0.15, 0.2) is 54.9 Å². The molecule has 1 atom stereocenters. The number of nitrogens with zero attached hydrogens (tertiary/aromatic N) is 4. The minimum Gasteiger partial charge on any atom is -0.344 e. The molecule has 29 heavy (non-hydrogen) atoms. The van der Waals surface area contributed by atoms with Gasteiger partial charge in [0, 0.05) is 32.4 Å². The number of halogens is 1. The van der Waals surface area contributed by atoms with Gasteiger partial charge in [0.1, 0.15) is 11.5 Å². The molecule has 1 N–H and O–H groups in total. The average molecular weight is 393 g/mol. The molecule has 2 amide bonds. The second-order valence-electron chi connectivity index (χ2n) is 6.93. The zero-order chi connectivity index (χ0) is 20.4. The molecular formula is C21H20FN5O2. The van der Waals surface area contributed by atoms with E-state index in [9.17, 15) is 14.0 Å². The van der Waals surface area contributed by atoms with Crippen molar-refractivity contribution < 1.29 is 14.0 Å². The van der Waals surface area contributed by atoms with Crippen LogP contribution >= 0.6 is 0 Å². The number of hydrogen-bond donors (Lipinski definition) is 1. The number of hydrogen-bond acceptors (Lipinski definition) is 4. The van der Waals surface area contributed by atoms with E-state index in [4.69, 9.17) is 0 Å². The summed E-state index contributed by atoms with van der Waals surface area (Å²) in [4.78, 5) is 30.8. The van der Waals surface area contributed by atoms with Gasteiger partial charge < -0.3 is 10.2 Å². The number of rotatable bonds is 3. The molecule has 0 aliphatic carbocycles. The Kier molecular flexibility index (Phi) is 5.07. The number of aromatic nitrogens is 3. The van der Waals surface area contributed by atoms with E-state index in [0.29, 0.717) is 30.9 Å². The molecule has 4 rings (SSSR count). The number of carbonyl (C=O) groups excluding carboxylic acids is 2. The minimum absolute atomic E-state index is 0.0826. The van der Waals surface area contributed by atoms with Crippen molar-refractivity contribution in [3.63, 3.8) is 0 Å². The summed E-state index contributed by atoms with van der Waals surface area (Å²) in [5.74, 6) is -0.252. The van der Waals surface area contributed by atoms with Crippen molar-refractivity contribution in [1.82, 2.24) is 25.0 Å². The lowest BCUT2D eigenvalue weighted by molar-refractivity contribution is -0.129. The molecule has 1 unspecified atom stereocenters. The summed E-state index contributed by atoms with van der Waals surface area (Å²) in [5.41, 5.74) is 1.77. The van der Waals surface area contributed by atoms with Gasteiger partial charge in [-0.1, -0.05) is 12.1 Å². The van der Waals surface area contributed by atoms with E-state index < -0.39 is 0 Å². The number of carbonyl (C=O) groups is 2. The summed E-state index contributed by atoms with van der Waals surface area (Å²) >= 11 is 0. The Morgan fingerprint density at radius 1 is 1.21 bits per heavy atom.